The van der Waals surface area contributed by atoms with Crippen molar-refractivity contribution >= 4 is 10.9 Å². The summed E-state index contributed by atoms with van der Waals surface area (Å²) >= 11 is 0. The average molecular weight is 191 g/mol. The largest absolute Gasteiger partial charge is 0.361 e. The molecule has 0 bridgehead atoms. The maximum absolute atomic E-state index is 5.50. The minimum absolute atomic E-state index is 0.710. The molecule has 1 heterocycles. The smallest absolute Gasteiger partial charge is 0.0456 e. The summed E-state index contributed by atoms with van der Waals surface area (Å²) in [4.78, 5) is 3.22. The van der Waals surface area contributed by atoms with E-state index >= 15 is 0 Å². The highest BCUT2D eigenvalue weighted by atomic mass is 14.7. The van der Waals surface area contributed by atoms with Gasteiger partial charge in [-0.15, -0.1) is 0 Å². The molecule has 0 radical (unpaired) electrons. The van der Waals surface area contributed by atoms with Gasteiger partial charge in [0.25, 0.3) is 0 Å². The quantitative estimate of drug-likeness (QED) is 0.668. The van der Waals surface area contributed by atoms with Gasteiger partial charge in [-0.1, -0.05) is 18.2 Å². The lowest BCUT2D eigenvalue weighted by Crippen LogP contribution is -2.01. The molecule has 0 unspecified atom stereocenters. The first-order valence-electron chi connectivity index (χ1n) is 4.74. The molecule has 0 aliphatic heterocycles. The predicted octanol–water partition coefficient (Wildman–Crippen LogP) is 1.24. The zero-order chi connectivity index (χ0) is 10.4. The highest BCUT2D eigenvalue weighted by Crippen LogP contribution is 2.17. The number of nitrogens with one attached hydrogen (secondary N) is 1. The highest BCUT2D eigenvalue weighted by molar-refractivity contribution is 5.82. The maximum Gasteiger partial charge on any atom is 0.0456 e. The van der Waals surface area contributed by atoms with Gasteiger partial charge in [-0.3, -0.25) is 0 Å². The van der Waals surface area contributed by atoms with E-state index < -0.39 is 0 Å². The Morgan fingerprint density at radius 1 is 1.21 bits per heavy atom. The Hall–Kier alpha value is -1.32. The Morgan fingerprint density at radius 3 is 2.64 bits per heavy atom. The molecule has 2 rings (SSSR count). The monoisotopic (exact) mass is 191 g/mol. The SMILES string of the molecule is CN.NCCc1c[nH]c2ccccc12. The third-order valence-electron chi connectivity index (χ3n) is 2.09. The van der Waals surface area contributed by atoms with Crippen molar-refractivity contribution in [2.24, 2.45) is 11.5 Å². The van der Waals surface area contributed by atoms with Gasteiger partial charge in [0, 0.05) is 17.1 Å². The topological polar surface area (TPSA) is 67.8 Å². The molecule has 0 saturated heterocycles. The highest BCUT2D eigenvalue weighted by Gasteiger charge is 1.99. The van der Waals surface area contributed by atoms with Gasteiger partial charge in [-0.05, 0) is 31.6 Å². The van der Waals surface area contributed by atoms with Crippen LogP contribution in [0, 0.1) is 0 Å². The number of para-hydroxylation sites is 1. The van der Waals surface area contributed by atoms with Crippen LogP contribution in [-0.2, 0) is 6.42 Å². The van der Waals surface area contributed by atoms with Crippen LogP contribution in [0.1, 0.15) is 5.56 Å². The van der Waals surface area contributed by atoms with E-state index in [1.165, 1.54) is 23.5 Å². The summed E-state index contributed by atoms with van der Waals surface area (Å²) in [5, 5.41) is 1.29. The molecule has 1 aromatic heterocycles. The van der Waals surface area contributed by atoms with Gasteiger partial charge in [0.15, 0.2) is 0 Å². The van der Waals surface area contributed by atoms with E-state index in [-0.39, 0.29) is 0 Å². The van der Waals surface area contributed by atoms with Crippen molar-refractivity contribution < 1.29 is 0 Å². The van der Waals surface area contributed by atoms with Gasteiger partial charge in [0.2, 0.25) is 0 Å². The number of nitrogens with two attached hydrogens (primary N) is 2. The Kier molecular flexibility index (Phi) is 4.16. The second-order valence-electron chi connectivity index (χ2n) is 2.90. The van der Waals surface area contributed by atoms with Crippen molar-refractivity contribution in [3.05, 3.63) is 36.0 Å². The van der Waals surface area contributed by atoms with E-state index in [1.807, 2.05) is 12.3 Å². The number of hydrogen-bond acceptors (Lipinski definition) is 2. The van der Waals surface area contributed by atoms with Crippen LogP contribution in [0.2, 0.25) is 0 Å². The van der Waals surface area contributed by atoms with Crippen molar-refractivity contribution in [3.8, 4) is 0 Å². The molecule has 1 aromatic carbocycles. The molecule has 0 atom stereocenters. The first kappa shape index (κ1) is 10.8. The summed E-state index contributed by atoms with van der Waals surface area (Å²) in [5.74, 6) is 0. The van der Waals surface area contributed by atoms with Crippen LogP contribution in [0.3, 0.4) is 0 Å². The first-order valence-corrected chi connectivity index (χ1v) is 4.74. The number of benzene rings is 1. The van der Waals surface area contributed by atoms with Crippen LogP contribution < -0.4 is 11.5 Å². The van der Waals surface area contributed by atoms with E-state index in [0.717, 1.165) is 6.42 Å². The molecule has 0 aliphatic carbocycles. The molecule has 0 saturated carbocycles. The number of fused-ring (bicyclic) bond motifs is 1. The summed E-state index contributed by atoms with van der Waals surface area (Å²) in [5.41, 5.74) is 12.5. The van der Waals surface area contributed by atoms with Gasteiger partial charge in [0.05, 0.1) is 0 Å². The first-order chi connectivity index (χ1) is 6.92. The second kappa shape index (κ2) is 5.42. The van der Waals surface area contributed by atoms with Crippen LogP contribution in [-0.4, -0.2) is 18.6 Å². The molecular weight excluding hydrogens is 174 g/mol. The van der Waals surface area contributed by atoms with E-state index in [1.54, 1.807) is 0 Å². The number of aromatic amines is 1. The molecule has 0 aliphatic rings. The van der Waals surface area contributed by atoms with Crippen LogP contribution >= 0.6 is 0 Å². The molecule has 0 spiro atoms. The van der Waals surface area contributed by atoms with Crippen molar-refractivity contribution in [2.75, 3.05) is 13.6 Å². The lowest BCUT2D eigenvalue weighted by molar-refractivity contribution is 0.976. The third-order valence-corrected chi connectivity index (χ3v) is 2.09. The zero-order valence-electron chi connectivity index (χ0n) is 8.46. The van der Waals surface area contributed by atoms with Gasteiger partial charge in [0.1, 0.15) is 0 Å². The van der Waals surface area contributed by atoms with Gasteiger partial charge < -0.3 is 16.5 Å². The zero-order valence-corrected chi connectivity index (χ0v) is 8.46. The van der Waals surface area contributed by atoms with Gasteiger partial charge in [-0.2, -0.15) is 0 Å². The molecule has 76 valence electrons. The summed E-state index contributed by atoms with van der Waals surface area (Å²) in [6, 6.07) is 8.29. The molecule has 3 heteroatoms. The molecule has 14 heavy (non-hydrogen) atoms. The molecule has 0 fully saturated rings. The number of hydrogen-bond donors (Lipinski definition) is 3. The van der Waals surface area contributed by atoms with Crippen LogP contribution in [0.5, 0.6) is 0 Å². The predicted molar refractivity (Wildman–Crippen MR) is 61.2 cm³/mol. The molecule has 0 amide bonds. The normalized spacial score (nSPS) is 9.64. The Bertz CT molecular complexity index is 379. The van der Waals surface area contributed by atoms with Crippen LogP contribution in [0.25, 0.3) is 10.9 Å². The number of aromatic nitrogens is 1. The van der Waals surface area contributed by atoms with Crippen LogP contribution in [0.15, 0.2) is 30.5 Å². The van der Waals surface area contributed by atoms with E-state index in [9.17, 15) is 0 Å². The number of rotatable bonds is 2. The fraction of sp³-hybridized carbons (Fsp3) is 0.273. The van der Waals surface area contributed by atoms with E-state index in [0.29, 0.717) is 6.54 Å². The fourth-order valence-electron chi connectivity index (χ4n) is 1.49. The van der Waals surface area contributed by atoms with Gasteiger partial charge in [-0.25, -0.2) is 0 Å². The maximum atomic E-state index is 5.50. The van der Waals surface area contributed by atoms with Gasteiger partial charge >= 0.3 is 0 Å². The summed E-state index contributed by atoms with van der Waals surface area (Å²) < 4.78 is 0. The molecule has 3 nitrogen and oxygen atoms in total. The van der Waals surface area contributed by atoms with E-state index in [2.05, 4.69) is 28.9 Å². The number of H-pyrrole nitrogens is 1. The minimum Gasteiger partial charge on any atom is -0.361 e. The van der Waals surface area contributed by atoms with Crippen molar-refractivity contribution in [1.29, 1.82) is 0 Å². The Balaban J connectivity index is 0.000000461. The standard InChI is InChI=1S/C10H12N2.CH5N/c11-6-5-8-7-12-10-4-2-1-3-9(8)10;1-2/h1-4,7,12H,5-6,11H2;2H2,1H3. The summed E-state index contributed by atoms with van der Waals surface area (Å²) in [7, 11) is 1.50. The van der Waals surface area contributed by atoms with Crippen LogP contribution in [0.4, 0.5) is 0 Å². The fourth-order valence-corrected chi connectivity index (χ4v) is 1.49. The molecule has 2 aromatic rings. The molecular formula is C11H17N3. The Labute approximate surface area is 84.1 Å². The summed E-state index contributed by atoms with van der Waals surface area (Å²) in [6.45, 7) is 0.710. The average Bonchev–Trinajstić information content (AvgIpc) is 2.66. The molecule has 5 N–H and O–H groups in total. The van der Waals surface area contributed by atoms with E-state index in [4.69, 9.17) is 5.73 Å². The lowest BCUT2D eigenvalue weighted by Gasteiger charge is -1.93. The lowest BCUT2D eigenvalue weighted by atomic mass is 10.1. The Morgan fingerprint density at radius 2 is 1.93 bits per heavy atom. The van der Waals surface area contributed by atoms with Crippen molar-refractivity contribution in [2.45, 2.75) is 6.42 Å². The van der Waals surface area contributed by atoms with Crippen molar-refractivity contribution in [3.63, 3.8) is 0 Å². The third kappa shape index (κ3) is 2.13. The van der Waals surface area contributed by atoms with Crippen molar-refractivity contribution in [1.82, 2.24) is 4.98 Å². The second-order valence-corrected chi connectivity index (χ2v) is 2.90. The minimum atomic E-state index is 0.710. The summed E-state index contributed by atoms with van der Waals surface area (Å²) in [6.07, 6.45) is 2.99.